The van der Waals surface area contributed by atoms with Crippen LogP contribution in [0.1, 0.15) is 11.3 Å². The first-order valence-electron chi connectivity index (χ1n) is 6.35. The number of hydrogen-bond donors (Lipinski definition) is 1. The number of carbonyl (C=O) groups excluding carboxylic acids is 1. The van der Waals surface area contributed by atoms with Crippen molar-refractivity contribution in [3.8, 4) is 0 Å². The van der Waals surface area contributed by atoms with Gasteiger partial charge in [0, 0.05) is 23.8 Å². The molecule has 4 heteroatoms. The molecule has 0 fully saturated rings. The van der Waals surface area contributed by atoms with Crippen LogP contribution in [0.25, 0.3) is 6.08 Å². The maximum Gasteiger partial charge on any atom is 0.244 e. The number of nitrogens with zero attached hydrogens (tertiary/aromatic N) is 1. The van der Waals surface area contributed by atoms with Gasteiger partial charge in [-0.15, -0.1) is 0 Å². The number of benzene rings is 1. The van der Waals surface area contributed by atoms with E-state index < -0.39 is 0 Å². The normalized spacial score (nSPS) is 10.7. The minimum atomic E-state index is -0.127. The van der Waals surface area contributed by atoms with Crippen LogP contribution in [0.3, 0.4) is 0 Å². The van der Waals surface area contributed by atoms with Crippen LogP contribution >= 0.6 is 11.6 Å². The number of nitrogens with one attached hydrogen (secondary N) is 1. The summed E-state index contributed by atoms with van der Waals surface area (Å²) < 4.78 is 0. The Morgan fingerprint density at radius 3 is 2.90 bits per heavy atom. The van der Waals surface area contributed by atoms with Crippen LogP contribution < -0.4 is 5.32 Å². The van der Waals surface area contributed by atoms with Gasteiger partial charge in [-0.25, -0.2) is 0 Å². The summed E-state index contributed by atoms with van der Waals surface area (Å²) in [5.74, 6) is -0.127. The van der Waals surface area contributed by atoms with Gasteiger partial charge in [-0.3, -0.25) is 9.78 Å². The number of hydrogen-bond acceptors (Lipinski definition) is 2. The molecular formula is C16H15ClN2O. The maximum atomic E-state index is 11.6. The monoisotopic (exact) mass is 286 g/mol. The van der Waals surface area contributed by atoms with Crippen LogP contribution in [-0.4, -0.2) is 17.4 Å². The van der Waals surface area contributed by atoms with E-state index in [-0.39, 0.29) is 5.91 Å². The summed E-state index contributed by atoms with van der Waals surface area (Å²) in [6, 6.07) is 13.2. The van der Waals surface area contributed by atoms with E-state index in [4.69, 9.17) is 11.6 Å². The second-order valence-electron chi connectivity index (χ2n) is 4.26. The van der Waals surface area contributed by atoms with Gasteiger partial charge in [-0.1, -0.05) is 29.8 Å². The van der Waals surface area contributed by atoms with E-state index in [0.717, 1.165) is 17.7 Å². The summed E-state index contributed by atoms with van der Waals surface area (Å²) in [5.41, 5.74) is 1.86. The largest absolute Gasteiger partial charge is 0.352 e. The van der Waals surface area contributed by atoms with Crippen LogP contribution in [0, 0.1) is 0 Å². The predicted octanol–water partition coefficient (Wildman–Crippen LogP) is 3.11. The molecule has 3 nitrogen and oxygen atoms in total. The van der Waals surface area contributed by atoms with Gasteiger partial charge in [0.05, 0.1) is 5.69 Å². The molecule has 0 atom stereocenters. The molecule has 0 unspecified atom stereocenters. The molecule has 20 heavy (non-hydrogen) atoms. The minimum Gasteiger partial charge on any atom is -0.352 e. The van der Waals surface area contributed by atoms with E-state index in [1.165, 1.54) is 6.08 Å². The Bertz CT molecular complexity index is 596. The van der Waals surface area contributed by atoms with Crippen LogP contribution in [0.15, 0.2) is 54.7 Å². The number of rotatable bonds is 5. The van der Waals surface area contributed by atoms with Gasteiger partial charge >= 0.3 is 0 Å². The van der Waals surface area contributed by atoms with E-state index in [1.807, 2.05) is 42.5 Å². The highest BCUT2D eigenvalue weighted by molar-refractivity contribution is 6.30. The smallest absolute Gasteiger partial charge is 0.244 e. The van der Waals surface area contributed by atoms with Gasteiger partial charge in [-0.05, 0) is 42.3 Å². The minimum absolute atomic E-state index is 0.127. The topological polar surface area (TPSA) is 42.0 Å². The number of pyridine rings is 1. The van der Waals surface area contributed by atoms with Crippen molar-refractivity contribution in [3.05, 3.63) is 71.0 Å². The molecule has 0 bridgehead atoms. The molecule has 1 aromatic carbocycles. The molecule has 1 heterocycles. The fraction of sp³-hybridized carbons (Fsp3) is 0.125. The van der Waals surface area contributed by atoms with Crippen molar-refractivity contribution in [1.82, 2.24) is 10.3 Å². The van der Waals surface area contributed by atoms with Gasteiger partial charge in [-0.2, -0.15) is 0 Å². The van der Waals surface area contributed by atoms with E-state index in [2.05, 4.69) is 10.3 Å². The van der Waals surface area contributed by atoms with Crippen molar-refractivity contribution in [3.63, 3.8) is 0 Å². The summed E-state index contributed by atoms with van der Waals surface area (Å²) in [4.78, 5) is 15.7. The SMILES string of the molecule is O=C(C=Cc1ccccn1)NCCc1cccc(Cl)c1. The molecule has 1 N–H and O–H groups in total. The zero-order chi connectivity index (χ0) is 14.2. The van der Waals surface area contributed by atoms with Crippen molar-refractivity contribution in [1.29, 1.82) is 0 Å². The summed E-state index contributed by atoms with van der Waals surface area (Å²) >= 11 is 5.90. The molecule has 102 valence electrons. The summed E-state index contributed by atoms with van der Waals surface area (Å²) in [7, 11) is 0. The fourth-order valence-electron chi connectivity index (χ4n) is 1.72. The molecule has 2 aromatic rings. The molecule has 1 amide bonds. The highest BCUT2D eigenvalue weighted by Gasteiger charge is 1.97. The zero-order valence-electron chi connectivity index (χ0n) is 10.9. The van der Waals surface area contributed by atoms with Gasteiger partial charge in [0.25, 0.3) is 0 Å². The highest BCUT2D eigenvalue weighted by atomic mass is 35.5. The Labute approximate surface area is 123 Å². The van der Waals surface area contributed by atoms with E-state index in [1.54, 1.807) is 12.3 Å². The number of carbonyl (C=O) groups is 1. The molecule has 0 spiro atoms. The molecule has 0 saturated heterocycles. The Kier molecular flexibility index (Phi) is 5.33. The van der Waals surface area contributed by atoms with Crippen LogP contribution in [0.2, 0.25) is 5.02 Å². The quantitative estimate of drug-likeness (QED) is 0.858. The third kappa shape index (κ3) is 4.86. The van der Waals surface area contributed by atoms with Crippen molar-refractivity contribution >= 4 is 23.6 Å². The Balaban J connectivity index is 1.77. The molecule has 0 aliphatic heterocycles. The average molecular weight is 287 g/mol. The molecule has 0 aliphatic carbocycles. The van der Waals surface area contributed by atoms with Crippen molar-refractivity contribution in [2.75, 3.05) is 6.54 Å². The number of aromatic nitrogens is 1. The summed E-state index contributed by atoms with van der Waals surface area (Å²) in [5, 5.41) is 3.54. The standard InChI is InChI=1S/C16H15ClN2O/c17-14-5-3-4-13(12-14)9-11-19-16(20)8-7-15-6-1-2-10-18-15/h1-8,10,12H,9,11H2,(H,19,20). The van der Waals surface area contributed by atoms with Gasteiger partial charge < -0.3 is 5.32 Å². The molecule has 0 radical (unpaired) electrons. The maximum absolute atomic E-state index is 11.6. The first kappa shape index (κ1) is 14.3. The summed E-state index contributed by atoms with van der Waals surface area (Å²) in [6.45, 7) is 0.575. The third-order valence-electron chi connectivity index (χ3n) is 2.70. The lowest BCUT2D eigenvalue weighted by atomic mass is 10.1. The van der Waals surface area contributed by atoms with Crippen LogP contribution in [-0.2, 0) is 11.2 Å². The van der Waals surface area contributed by atoms with E-state index >= 15 is 0 Å². The second-order valence-corrected chi connectivity index (χ2v) is 4.70. The van der Waals surface area contributed by atoms with Crippen LogP contribution in [0.4, 0.5) is 0 Å². The van der Waals surface area contributed by atoms with Crippen molar-refractivity contribution < 1.29 is 4.79 Å². The van der Waals surface area contributed by atoms with Gasteiger partial charge in [0.2, 0.25) is 5.91 Å². The lowest BCUT2D eigenvalue weighted by molar-refractivity contribution is -0.116. The third-order valence-corrected chi connectivity index (χ3v) is 2.93. The predicted molar refractivity (Wildman–Crippen MR) is 81.4 cm³/mol. The van der Waals surface area contributed by atoms with Crippen molar-refractivity contribution in [2.45, 2.75) is 6.42 Å². The van der Waals surface area contributed by atoms with Gasteiger partial charge in [0.15, 0.2) is 0 Å². The van der Waals surface area contributed by atoms with Crippen LogP contribution in [0.5, 0.6) is 0 Å². The highest BCUT2D eigenvalue weighted by Crippen LogP contribution is 2.10. The first-order valence-corrected chi connectivity index (χ1v) is 6.73. The molecule has 0 aliphatic rings. The Morgan fingerprint density at radius 1 is 1.25 bits per heavy atom. The molecule has 0 saturated carbocycles. The average Bonchev–Trinajstić information content (AvgIpc) is 2.46. The number of amides is 1. The van der Waals surface area contributed by atoms with Gasteiger partial charge in [0.1, 0.15) is 0 Å². The Hall–Kier alpha value is -2.13. The Morgan fingerprint density at radius 2 is 2.15 bits per heavy atom. The van der Waals surface area contributed by atoms with E-state index in [9.17, 15) is 4.79 Å². The first-order chi connectivity index (χ1) is 9.74. The molecule has 1 aromatic heterocycles. The fourth-order valence-corrected chi connectivity index (χ4v) is 1.93. The zero-order valence-corrected chi connectivity index (χ0v) is 11.7. The number of halogens is 1. The van der Waals surface area contributed by atoms with Crippen molar-refractivity contribution in [2.24, 2.45) is 0 Å². The lowest BCUT2D eigenvalue weighted by Crippen LogP contribution is -2.23. The lowest BCUT2D eigenvalue weighted by Gasteiger charge is -2.03. The molecular weight excluding hydrogens is 272 g/mol. The second kappa shape index (κ2) is 7.46. The molecule has 2 rings (SSSR count). The van der Waals surface area contributed by atoms with E-state index in [0.29, 0.717) is 11.6 Å². The summed E-state index contributed by atoms with van der Waals surface area (Å²) in [6.07, 6.45) is 5.62.